The number of nitriles is 1. The van der Waals surface area contributed by atoms with Gasteiger partial charge in [-0.3, -0.25) is 10.1 Å². The number of aryl methyl sites for hydroxylation is 1. The second kappa shape index (κ2) is 13.9. The molecule has 2 aromatic carbocycles. The van der Waals surface area contributed by atoms with Gasteiger partial charge in [-0.05, 0) is 82.8 Å². The van der Waals surface area contributed by atoms with Crippen molar-refractivity contribution in [3.05, 3.63) is 61.7 Å². The third-order valence-corrected chi connectivity index (χ3v) is 7.36. The van der Waals surface area contributed by atoms with Gasteiger partial charge in [-0.1, -0.05) is 44.2 Å². The Balaban J connectivity index is 1.63. The zero-order valence-corrected chi connectivity index (χ0v) is 24.2. The number of rotatable bonds is 12. The van der Waals surface area contributed by atoms with E-state index in [9.17, 15) is 10.1 Å². The van der Waals surface area contributed by atoms with E-state index in [0.717, 1.165) is 27.2 Å². The predicted molar refractivity (Wildman–Crippen MR) is 153 cm³/mol. The lowest BCUT2D eigenvalue weighted by Gasteiger charge is -2.14. The molecular formula is C27H29IN4O4S. The van der Waals surface area contributed by atoms with Gasteiger partial charge in [0.15, 0.2) is 11.5 Å². The Morgan fingerprint density at radius 1 is 1.19 bits per heavy atom. The van der Waals surface area contributed by atoms with Crippen LogP contribution in [0, 0.1) is 14.9 Å². The molecule has 1 atom stereocenters. The van der Waals surface area contributed by atoms with E-state index in [2.05, 4.69) is 64.1 Å². The summed E-state index contributed by atoms with van der Waals surface area (Å²) in [6, 6.07) is 13.6. The standard InChI is InChI=1S/C27H29IN4O4S/c1-5-17(3)19-7-9-21(10-8-19)35-11-12-36-25-22(28)14-18(15-23(25)34-4)13-20(16-29)26(33)30-27-32-31-24(6-2)37-27/h7-10,13-15,17H,5-6,11-12H2,1-4H3,(H,30,32,33)/b20-13-. The molecule has 0 saturated heterocycles. The fourth-order valence-corrected chi connectivity index (χ4v) is 4.78. The van der Waals surface area contributed by atoms with Crippen molar-refractivity contribution in [2.24, 2.45) is 0 Å². The Morgan fingerprint density at radius 3 is 2.54 bits per heavy atom. The monoisotopic (exact) mass is 632 g/mol. The quantitative estimate of drug-likeness (QED) is 0.109. The molecule has 1 aromatic heterocycles. The van der Waals surface area contributed by atoms with Gasteiger partial charge in [0, 0.05) is 0 Å². The summed E-state index contributed by atoms with van der Waals surface area (Å²) in [5, 5.41) is 21.2. The van der Waals surface area contributed by atoms with E-state index in [1.807, 2.05) is 31.2 Å². The number of benzene rings is 2. The van der Waals surface area contributed by atoms with Crippen LogP contribution in [0.2, 0.25) is 0 Å². The molecule has 1 heterocycles. The molecule has 10 heteroatoms. The highest BCUT2D eigenvalue weighted by atomic mass is 127. The lowest BCUT2D eigenvalue weighted by molar-refractivity contribution is -0.112. The highest BCUT2D eigenvalue weighted by molar-refractivity contribution is 14.1. The molecule has 37 heavy (non-hydrogen) atoms. The van der Waals surface area contributed by atoms with E-state index in [0.29, 0.717) is 41.3 Å². The van der Waals surface area contributed by atoms with Crippen LogP contribution < -0.4 is 19.5 Å². The Labute approximate surface area is 234 Å². The fourth-order valence-electron chi connectivity index (χ4n) is 3.32. The van der Waals surface area contributed by atoms with Crippen LogP contribution in [0.25, 0.3) is 6.08 Å². The van der Waals surface area contributed by atoms with Gasteiger partial charge in [-0.15, -0.1) is 10.2 Å². The fraction of sp³-hybridized carbons (Fsp3) is 0.333. The number of aromatic nitrogens is 2. The molecule has 194 valence electrons. The summed E-state index contributed by atoms with van der Waals surface area (Å²) in [4.78, 5) is 12.6. The van der Waals surface area contributed by atoms with Crippen LogP contribution in [0.1, 0.15) is 49.2 Å². The van der Waals surface area contributed by atoms with Gasteiger partial charge >= 0.3 is 0 Å². The highest BCUT2D eigenvalue weighted by Crippen LogP contribution is 2.35. The summed E-state index contributed by atoms with van der Waals surface area (Å²) < 4.78 is 18.1. The van der Waals surface area contributed by atoms with Crippen LogP contribution in [-0.4, -0.2) is 36.4 Å². The van der Waals surface area contributed by atoms with Crippen molar-refractivity contribution in [2.75, 3.05) is 25.6 Å². The van der Waals surface area contributed by atoms with Crippen LogP contribution in [0.15, 0.2) is 42.0 Å². The third kappa shape index (κ3) is 7.90. The summed E-state index contributed by atoms with van der Waals surface area (Å²) in [7, 11) is 1.54. The molecule has 1 unspecified atom stereocenters. The zero-order chi connectivity index (χ0) is 26.8. The van der Waals surface area contributed by atoms with Gasteiger partial charge in [0.05, 0.1) is 10.7 Å². The van der Waals surface area contributed by atoms with Crippen LogP contribution in [0.5, 0.6) is 17.2 Å². The number of ether oxygens (including phenoxy) is 3. The number of nitrogens with one attached hydrogen (secondary N) is 1. The van der Waals surface area contributed by atoms with Gasteiger partial charge in [-0.25, -0.2) is 0 Å². The summed E-state index contributed by atoms with van der Waals surface area (Å²) in [5.41, 5.74) is 1.86. The first-order valence-corrected chi connectivity index (χ1v) is 13.8. The maximum Gasteiger partial charge on any atom is 0.268 e. The van der Waals surface area contributed by atoms with Gasteiger partial charge in [-0.2, -0.15) is 5.26 Å². The van der Waals surface area contributed by atoms with Crippen LogP contribution >= 0.6 is 33.9 Å². The molecule has 0 aliphatic carbocycles. The second-order valence-corrected chi connectivity index (χ2v) is 10.3. The maximum atomic E-state index is 12.6. The third-order valence-electron chi connectivity index (χ3n) is 5.58. The van der Waals surface area contributed by atoms with Gasteiger partial charge in [0.2, 0.25) is 5.13 Å². The van der Waals surface area contributed by atoms with Gasteiger partial charge in [0.1, 0.15) is 35.6 Å². The van der Waals surface area contributed by atoms with E-state index >= 15 is 0 Å². The number of halogens is 1. The zero-order valence-electron chi connectivity index (χ0n) is 21.2. The summed E-state index contributed by atoms with van der Waals surface area (Å²) in [5.74, 6) is 1.82. The summed E-state index contributed by atoms with van der Waals surface area (Å²) in [6.45, 7) is 7.02. The first kappa shape index (κ1) is 28.4. The molecule has 0 fully saturated rings. The van der Waals surface area contributed by atoms with Crippen LogP contribution in [0.3, 0.4) is 0 Å². The molecule has 8 nitrogen and oxygen atoms in total. The Bertz CT molecular complexity index is 1280. The molecule has 1 N–H and O–H groups in total. The highest BCUT2D eigenvalue weighted by Gasteiger charge is 2.15. The molecular weight excluding hydrogens is 603 g/mol. The largest absolute Gasteiger partial charge is 0.493 e. The number of hydrogen-bond acceptors (Lipinski definition) is 8. The first-order valence-electron chi connectivity index (χ1n) is 11.9. The minimum atomic E-state index is -0.551. The minimum Gasteiger partial charge on any atom is -0.493 e. The van der Waals surface area contributed by atoms with Crippen molar-refractivity contribution in [2.45, 2.75) is 39.5 Å². The number of amides is 1. The van der Waals surface area contributed by atoms with E-state index in [-0.39, 0.29) is 5.57 Å². The first-order chi connectivity index (χ1) is 17.9. The predicted octanol–water partition coefficient (Wildman–Crippen LogP) is 6.23. The summed E-state index contributed by atoms with van der Waals surface area (Å²) >= 11 is 3.42. The van der Waals surface area contributed by atoms with E-state index in [4.69, 9.17) is 14.2 Å². The molecule has 1 amide bonds. The number of nitrogens with zero attached hydrogens (tertiary/aromatic N) is 3. The Kier molecular flexibility index (Phi) is 10.7. The molecule has 3 aromatic rings. The maximum absolute atomic E-state index is 12.6. The van der Waals surface area contributed by atoms with Gasteiger partial charge < -0.3 is 14.2 Å². The van der Waals surface area contributed by atoms with Crippen molar-refractivity contribution in [3.63, 3.8) is 0 Å². The number of methoxy groups -OCH3 is 1. The second-order valence-electron chi connectivity index (χ2n) is 8.09. The van der Waals surface area contributed by atoms with Crippen LogP contribution in [0.4, 0.5) is 5.13 Å². The van der Waals surface area contributed by atoms with Crippen molar-refractivity contribution in [1.29, 1.82) is 5.26 Å². The SMILES string of the molecule is CCc1nnc(NC(=O)/C(C#N)=C\c2cc(I)c(OCCOc3ccc(C(C)CC)cc3)c(OC)c2)s1. The average Bonchev–Trinajstić information content (AvgIpc) is 3.37. The van der Waals surface area contributed by atoms with E-state index in [1.54, 1.807) is 13.2 Å². The molecule has 0 aliphatic rings. The molecule has 3 rings (SSSR count). The number of carbonyl (C=O) groups is 1. The molecule has 0 saturated carbocycles. The average molecular weight is 633 g/mol. The lowest BCUT2D eigenvalue weighted by atomic mass is 9.99. The van der Waals surface area contributed by atoms with Gasteiger partial charge in [0.25, 0.3) is 5.91 Å². The molecule has 0 radical (unpaired) electrons. The smallest absolute Gasteiger partial charge is 0.268 e. The molecule has 0 spiro atoms. The normalized spacial score (nSPS) is 11.9. The number of carbonyl (C=O) groups excluding carboxylic acids is 1. The molecule has 0 aliphatic heterocycles. The molecule has 0 bridgehead atoms. The summed E-state index contributed by atoms with van der Waals surface area (Å²) in [6.07, 6.45) is 3.31. The number of hydrogen-bond donors (Lipinski definition) is 1. The van der Waals surface area contributed by atoms with Crippen molar-refractivity contribution in [1.82, 2.24) is 10.2 Å². The van der Waals surface area contributed by atoms with E-state index < -0.39 is 5.91 Å². The van der Waals surface area contributed by atoms with Crippen molar-refractivity contribution >= 4 is 51.0 Å². The van der Waals surface area contributed by atoms with Crippen LogP contribution in [-0.2, 0) is 11.2 Å². The minimum absolute atomic E-state index is 0.0625. The van der Waals surface area contributed by atoms with E-state index in [1.165, 1.54) is 23.0 Å². The van der Waals surface area contributed by atoms with Crippen molar-refractivity contribution in [3.8, 4) is 23.3 Å². The lowest BCUT2D eigenvalue weighted by Crippen LogP contribution is -2.13. The topological polar surface area (TPSA) is 106 Å². The Morgan fingerprint density at radius 2 is 1.92 bits per heavy atom. The Hall–Kier alpha value is -3.17. The number of anilines is 1. The van der Waals surface area contributed by atoms with Crippen molar-refractivity contribution < 1.29 is 19.0 Å².